The molecule has 0 spiro atoms. The molecular formula is C6H13NaO2. The molecule has 0 bridgehead atoms. The van der Waals surface area contributed by atoms with Crippen LogP contribution >= 0.6 is 0 Å². The van der Waals surface area contributed by atoms with Gasteiger partial charge in [0.2, 0.25) is 0 Å². The zero-order valence-electron chi connectivity index (χ0n) is 7.60. The van der Waals surface area contributed by atoms with Crippen molar-refractivity contribution in [1.82, 2.24) is 0 Å². The first-order chi connectivity index (χ1) is 3.66. The van der Waals surface area contributed by atoms with Crippen molar-refractivity contribution in [3.05, 3.63) is 0 Å². The van der Waals surface area contributed by atoms with Crippen molar-refractivity contribution in [1.29, 1.82) is 0 Å². The fourth-order valence-corrected chi connectivity index (χ4v) is 0.346. The van der Waals surface area contributed by atoms with Crippen LogP contribution in [0.1, 0.15) is 28.6 Å². The summed E-state index contributed by atoms with van der Waals surface area (Å²) in [4.78, 5) is 10.4. The van der Waals surface area contributed by atoms with Gasteiger partial charge in [0, 0.05) is 6.42 Å². The minimum Gasteiger partial charge on any atom is -1.00 e. The number of esters is 1. The number of carbonyl (C=O) groups is 1. The van der Waals surface area contributed by atoms with Crippen molar-refractivity contribution in [2.24, 2.45) is 0 Å². The van der Waals surface area contributed by atoms with E-state index in [1.807, 2.05) is 13.8 Å². The Hall–Kier alpha value is 0.470. The molecule has 0 atom stereocenters. The molecule has 0 unspecified atom stereocenters. The summed E-state index contributed by atoms with van der Waals surface area (Å²) in [5, 5.41) is 0. The topological polar surface area (TPSA) is 26.3 Å². The second-order valence-corrected chi connectivity index (χ2v) is 1.89. The largest absolute Gasteiger partial charge is 1.00 e. The quantitative estimate of drug-likeness (QED) is 0.343. The van der Waals surface area contributed by atoms with Crippen molar-refractivity contribution in [3.63, 3.8) is 0 Å². The predicted octanol–water partition coefficient (Wildman–Crippen LogP) is -1.54. The van der Waals surface area contributed by atoms with E-state index in [0.29, 0.717) is 6.42 Å². The summed E-state index contributed by atoms with van der Waals surface area (Å²) in [5.74, 6) is -0.125. The Morgan fingerprint density at radius 3 is 2.22 bits per heavy atom. The molecule has 9 heavy (non-hydrogen) atoms. The van der Waals surface area contributed by atoms with Crippen LogP contribution in [0.4, 0.5) is 0 Å². The van der Waals surface area contributed by atoms with E-state index in [2.05, 4.69) is 0 Å². The first-order valence-corrected chi connectivity index (χ1v) is 2.86. The van der Waals surface area contributed by atoms with E-state index in [9.17, 15) is 4.79 Å². The summed E-state index contributed by atoms with van der Waals surface area (Å²) in [6.45, 7) is 5.46. The van der Waals surface area contributed by atoms with Crippen molar-refractivity contribution in [2.45, 2.75) is 33.3 Å². The number of rotatable bonds is 2. The summed E-state index contributed by atoms with van der Waals surface area (Å²) in [5.41, 5.74) is 0. The van der Waals surface area contributed by atoms with Gasteiger partial charge in [-0.2, -0.15) is 0 Å². The Kier molecular flexibility index (Phi) is 8.91. The fraction of sp³-hybridized carbons (Fsp3) is 0.833. The van der Waals surface area contributed by atoms with Gasteiger partial charge in [-0.25, -0.2) is 0 Å². The molecular weight excluding hydrogens is 127 g/mol. The maximum atomic E-state index is 10.4. The van der Waals surface area contributed by atoms with Gasteiger partial charge in [0.05, 0.1) is 6.10 Å². The van der Waals surface area contributed by atoms with Gasteiger partial charge in [-0.05, 0) is 13.8 Å². The van der Waals surface area contributed by atoms with Crippen LogP contribution in [0.3, 0.4) is 0 Å². The second kappa shape index (κ2) is 6.59. The molecule has 0 rings (SSSR count). The Balaban J connectivity index is -0.000000245. The second-order valence-electron chi connectivity index (χ2n) is 1.89. The number of ether oxygens (including phenoxy) is 1. The van der Waals surface area contributed by atoms with Gasteiger partial charge in [-0.3, -0.25) is 4.79 Å². The van der Waals surface area contributed by atoms with Gasteiger partial charge >= 0.3 is 35.5 Å². The third-order valence-electron chi connectivity index (χ3n) is 0.656. The third-order valence-corrected chi connectivity index (χ3v) is 0.656. The average molecular weight is 140 g/mol. The average Bonchev–Trinajstić information content (AvgIpc) is 1.65. The van der Waals surface area contributed by atoms with Crippen LogP contribution in [0, 0.1) is 0 Å². The summed E-state index contributed by atoms with van der Waals surface area (Å²) in [6.07, 6.45) is 0.500. The molecule has 0 aromatic heterocycles. The van der Waals surface area contributed by atoms with Crippen molar-refractivity contribution in [2.75, 3.05) is 0 Å². The third kappa shape index (κ3) is 8.47. The van der Waals surface area contributed by atoms with E-state index >= 15 is 0 Å². The van der Waals surface area contributed by atoms with Gasteiger partial charge in [-0.1, -0.05) is 6.92 Å². The van der Waals surface area contributed by atoms with Crippen LogP contribution < -0.4 is 29.6 Å². The zero-order valence-corrected chi connectivity index (χ0v) is 8.60. The number of hydrogen-bond donors (Lipinski definition) is 0. The molecule has 0 aromatic rings. The van der Waals surface area contributed by atoms with Gasteiger partial charge < -0.3 is 6.16 Å². The Labute approximate surface area is 79.7 Å². The van der Waals surface area contributed by atoms with Crippen molar-refractivity contribution < 1.29 is 40.5 Å². The molecule has 0 saturated carbocycles. The van der Waals surface area contributed by atoms with Crippen molar-refractivity contribution in [3.8, 4) is 0 Å². The molecule has 0 aliphatic heterocycles. The molecule has 0 aliphatic rings. The van der Waals surface area contributed by atoms with E-state index in [-0.39, 0.29) is 43.1 Å². The normalized spacial score (nSPS) is 8.44. The molecule has 0 heterocycles. The van der Waals surface area contributed by atoms with E-state index in [1.165, 1.54) is 0 Å². The van der Waals surface area contributed by atoms with Crippen LogP contribution in [-0.2, 0) is 9.53 Å². The minimum atomic E-state index is -0.125. The van der Waals surface area contributed by atoms with Crippen LogP contribution in [0.15, 0.2) is 0 Å². The van der Waals surface area contributed by atoms with Gasteiger partial charge in [-0.15, -0.1) is 0 Å². The molecule has 0 radical (unpaired) electrons. The van der Waals surface area contributed by atoms with Crippen LogP contribution in [0.2, 0.25) is 0 Å². The van der Waals surface area contributed by atoms with E-state index in [0.717, 1.165) is 0 Å². The van der Waals surface area contributed by atoms with E-state index < -0.39 is 0 Å². The molecule has 0 fully saturated rings. The molecule has 3 heteroatoms. The van der Waals surface area contributed by atoms with Crippen molar-refractivity contribution >= 4 is 5.97 Å². The zero-order chi connectivity index (χ0) is 6.57. The Bertz CT molecular complexity index is 85.8. The Morgan fingerprint density at radius 2 is 2.11 bits per heavy atom. The molecule has 2 nitrogen and oxygen atoms in total. The monoisotopic (exact) mass is 140 g/mol. The molecule has 0 amide bonds. The van der Waals surface area contributed by atoms with Crippen LogP contribution in [0.25, 0.3) is 0 Å². The standard InChI is InChI=1S/C6H12O2.Na.H/c1-4-6(7)8-5(2)3;;/h5H,4H2,1-3H3;;/q;+1;-1. The number of carbonyl (C=O) groups excluding carboxylic acids is 1. The van der Waals surface area contributed by atoms with E-state index in [1.54, 1.807) is 6.92 Å². The maximum Gasteiger partial charge on any atom is 1.00 e. The number of hydrogen-bond acceptors (Lipinski definition) is 2. The predicted molar refractivity (Wildman–Crippen MR) is 32.6 cm³/mol. The van der Waals surface area contributed by atoms with Gasteiger partial charge in [0.1, 0.15) is 0 Å². The summed E-state index contributed by atoms with van der Waals surface area (Å²) >= 11 is 0. The molecule has 0 aromatic carbocycles. The molecule has 0 aliphatic carbocycles. The maximum absolute atomic E-state index is 10.4. The Morgan fingerprint density at radius 1 is 1.67 bits per heavy atom. The molecule has 0 N–H and O–H groups in total. The summed E-state index contributed by atoms with van der Waals surface area (Å²) in [7, 11) is 0. The first-order valence-electron chi connectivity index (χ1n) is 2.86. The molecule has 0 saturated heterocycles. The first kappa shape index (κ1) is 12.2. The summed E-state index contributed by atoms with van der Waals surface area (Å²) in [6, 6.07) is 0. The fourth-order valence-electron chi connectivity index (χ4n) is 0.346. The minimum absolute atomic E-state index is 0. The SMILES string of the molecule is CCC(=O)OC(C)C.[H-].[Na+]. The van der Waals surface area contributed by atoms with Crippen LogP contribution in [0.5, 0.6) is 0 Å². The molecule has 50 valence electrons. The smallest absolute Gasteiger partial charge is 1.00 e. The van der Waals surface area contributed by atoms with Gasteiger partial charge in [0.25, 0.3) is 0 Å². The van der Waals surface area contributed by atoms with Crippen LogP contribution in [-0.4, -0.2) is 12.1 Å². The van der Waals surface area contributed by atoms with E-state index in [4.69, 9.17) is 4.74 Å². The van der Waals surface area contributed by atoms with Gasteiger partial charge in [0.15, 0.2) is 0 Å². The summed E-state index contributed by atoms with van der Waals surface area (Å²) < 4.78 is 4.76.